The van der Waals surface area contributed by atoms with Crippen LogP contribution in [-0.4, -0.2) is 31.4 Å². The fourth-order valence-electron chi connectivity index (χ4n) is 4.31. The molecule has 0 amide bonds. The third-order valence-corrected chi connectivity index (χ3v) is 6.52. The molecule has 0 N–H and O–H groups in total. The average Bonchev–Trinajstić information content (AvgIpc) is 2.85. The maximum absolute atomic E-state index is 6.47. The number of ether oxygens (including phenoxy) is 2. The van der Waals surface area contributed by atoms with Crippen molar-refractivity contribution in [1.29, 1.82) is 0 Å². The van der Waals surface area contributed by atoms with E-state index in [9.17, 15) is 0 Å². The van der Waals surface area contributed by atoms with Gasteiger partial charge in [-0.3, -0.25) is 4.90 Å². The summed E-state index contributed by atoms with van der Waals surface area (Å²) in [7, 11) is 0. The predicted molar refractivity (Wildman–Crippen MR) is 147 cm³/mol. The minimum atomic E-state index is 0.362. The van der Waals surface area contributed by atoms with Crippen LogP contribution in [0.1, 0.15) is 33.3 Å². The molecule has 0 aliphatic carbocycles. The Labute approximate surface area is 208 Å². The Balaban J connectivity index is 1.77. The Hall–Kier alpha value is -3.25. The quantitative estimate of drug-likeness (QED) is 0.333. The van der Waals surface area contributed by atoms with Gasteiger partial charge in [0.2, 0.25) is 0 Å². The smallest absolute Gasteiger partial charge is 0.274 e. The minimum absolute atomic E-state index is 0.362. The summed E-state index contributed by atoms with van der Waals surface area (Å²) in [6.45, 7) is 14.4. The van der Waals surface area contributed by atoms with Gasteiger partial charge in [-0.05, 0) is 83.2 Å². The van der Waals surface area contributed by atoms with Gasteiger partial charge in [0, 0.05) is 49.7 Å². The standard InChI is InChI=1S/C28H33N3O2S/c1-6-29(7-2)21-12-16-24-26(18-21)33-27-19-22(30(8-3)9-4)13-17-25(27)31(24)28(34)32-23-14-10-20(5)11-15-23/h10-19H,6-9H2,1-5H3. The number of aryl methyl sites for hydroxylation is 1. The molecule has 178 valence electrons. The third-order valence-electron chi connectivity index (χ3n) is 6.25. The molecular formula is C28H33N3O2S. The van der Waals surface area contributed by atoms with Crippen LogP contribution in [0.15, 0.2) is 60.7 Å². The summed E-state index contributed by atoms with van der Waals surface area (Å²) in [5.41, 5.74) is 5.16. The number of hydrogen-bond acceptors (Lipinski definition) is 5. The summed E-state index contributed by atoms with van der Waals surface area (Å²) in [5, 5.41) is 0.362. The Morgan fingerprint density at radius 2 is 1.24 bits per heavy atom. The molecule has 0 radical (unpaired) electrons. The van der Waals surface area contributed by atoms with Crippen molar-refractivity contribution in [2.75, 3.05) is 40.9 Å². The molecule has 5 nitrogen and oxygen atoms in total. The van der Waals surface area contributed by atoms with Crippen LogP contribution >= 0.6 is 12.2 Å². The topological polar surface area (TPSA) is 28.2 Å². The summed E-state index contributed by atoms with van der Waals surface area (Å²) in [6.07, 6.45) is 0. The van der Waals surface area contributed by atoms with Crippen LogP contribution in [0, 0.1) is 6.92 Å². The van der Waals surface area contributed by atoms with E-state index >= 15 is 0 Å². The zero-order valence-electron chi connectivity index (χ0n) is 20.7. The monoisotopic (exact) mass is 475 g/mol. The summed E-state index contributed by atoms with van der Waals surface area (Å²) in [5.74, 6) is 2.25. The van der Waals surface area contributed by atoms with E-state index in [1.165, 1.54) is 5.56 Å². The Bertz CT molecular complexity index is 1090. The lowest BCUT2D eigenvalue weighted by atomic mass is 10.1. The lowest BCUT2D eigenvalue weighted by Gasteiger charge is -2.34. The minimum Gasteiger partial charge on any atom is -0.453 e. The fraction of sp³-hybridized carbons (Fsp3) is 0.321. The predicted octanol–water partition coefficient (Wildman–Crippen LogP) is 7.30. The largest absolute Gasteiger partial charge is 0.453 e. The molecule has 34 heavy (non-hydrogen) atoms. The maximum Gasteiger partial charge on any atom is 0.274 e. The summed E-state index contributed by atoms with van der Waals surface area (Å²) >= 11 is 5.83. The molecule has 0 saturated heterocycles. The number of rotatable bonds is 7. The highest BCUT2D eigenvalue weighted by Crippen LogP contribution is 2.49. The van der Waals surface area contributed by atoms with Crippen molar-refractivity contribution in [2.24, 2.45) is 0 Å². The van der Waals surface area contributed by atoms with Crippen molar-refractivity contribution in [1.82, 2.24) is 0 Å². The molecule has 0 unspecified atom stereocenters. The Morgan fingerprint density at radius 1 is 0.765 bits per heavy atom. The molecule has 3 aromatic carbocycles. The number of fused-ring (bicyclic) bond motifs is 2. The molecule has 0 aromatic heterocycles. The first kappa shape index (κ1) is 23.9. The molecule has 0 atom stereocenters. The summed E-state index contributed by atoms with van der Waals surface area (Å²) in [6, 6.07) is 20.5. The van der Waals surface area contributed by atoms with Crippen molar-refractivity contribution in [3.8, 4) is 17.2 Å². The van der Waals surface area contributed by atoms with Gasteiger partial charge >= 0.3 is 0 Å². The first-order valence-corrected chi connectivity index (χ1v) is 12.4. The van der Waals surface area contributed by atoms with Gasteiger partial charge in [0.05, 0.1) is 11.4 Å². The van der Waals surface area contributed by atoms with Crippen LogP contribution in [0.5, 0.6) is 17.2 Å². The van der Waals surface area contributed by atoms with Gasteiger partial charge in [-0.15, -0.1) is 0 Å². The highest BCUT2D eigenvalue weighted by Gasteiger charge is 2.30. The Kier molecular flexibility index (Phi) is 7.27. The summed E-state index contributed by atoms with van der Waals surface area (Å²) < 4.78 is 12.6. The second kappa shape index (κ2) is 10.3. The molecular weight excluding hydrogens is 442 g/mol. The maximum atomic E-state index is 6.47. The lowest BCUT2D eigenvalue weighted by Crippen LogP contribution is -2.31. The molecule has 3 aromatic rings. The van der Waals surface area contributed by atoms with Gasteiger partial charge in [0.25, 0.3) is 5.17 Å². The molecule has 1 heterocycles. The van der Waals surface area contributed by atoms with Crippen molar-refractivity contribution in [3.63, 3.8) is 0 Å². The molecule has 1 aliphatic rings. The number of benzene rings is 3. The van der Waals surface area contributed by atoms with Gasteiger partial charge in [0.15, 0.2) is 11.5 Å². The molecule has 0 saturated carbocycles. The van der Waals surface area contributed by atoms with E-state index in [0.717, 1.165) is 60.4 Å². The van der Waals surface area contributed by atoms with Crippen molar-refractivity contribution in [3.05, 3.63) is 66.2 Å². The second-order valence-corrected chi connectivity index (χ2v) is 8.62. The first-order valence-electron chi connectivity index (χ1n) is 12.0. The number of hydrogen-bond donors (Lipinski definition) is 0. The van der Waals surface area contributed by atoms with E-state index in [1.807, 2.05) is 29.2 Å². The number of nitrogens with zero attached hydrogens (tertiary/aromatic N) is 3. The van der Waals surface area contributed by atoms with Crippen LogP contribution in [0.25, 0.3) is 0 Å². The second-order valence-electron chi connectivity index (χ2n) is 8.27. The van der Waals surface area contributed by atoms with Gasteiger partial charge in [-0.25, -0.2) is 0 Å². The van der Waals surface area contributed by atoms with Gasteiger partial charge in [-0.1, -0.05) is 17.7 Å². The summed E-state index contributed by atoms with van der Waals surface area (Å²) in [4.78, 5) is 6.58. The molecule has 0 fully saturated rings. The van der Waals surface area contributed by atoms with E-state index in [2.05, 4.69) is 80.8 Å². The SMILES string of the molecule is CCN(CC)c1ccc2c(c1)Oc1cc(N(CC)CC)ccc1N2C(=S)Oc1ccc(C)cc1. The van der Waals surface area contributed by atoms with Crippen LogP contribution in [0.3, 0.4) is 0 Å². The lowest BCUT2D eigenvalue weighted by molar-refractivity contribution is 0.473. The van der Waals surface area contributed by atoms with Crippen LogP contribution in [0.4, 0.5) is 22.7 Å². The third kappa shape index (κ3) is 4.68. The Morgan fingerprint density at radius 3 is 1.68 bits per heavy atom. The highest BCUT2D eigenvalue weighted by molar-refractivity contribution is 7.80. The van der Waals surface area contributed by atoms with Gasteiger partial charge < -0.3 is 19.3 Å². The highest BCUT2D eigenvalue weighted by atomic mass is 32.1. The molecule has 0 bridgehead atoms. The van der Waals surface area contributed by atoms with Crippen LogP contribution < -0.4 is 24.2 Å². The molecule has 0 spiro atoms. The number of anilines is 4. The molecule has 1 aliphatic heterocycles. The van der Waals surface area contributed by atoms with E-state index in [0.29, 0.717) is 10.9 Å². The van der Waals surface area contributed by atoms with Crippen LogP contribution in [-0.2, 0) is 0 Å². The van der Waals surface area contributed by atoms with Crippen LogP contribution in [0.2, 0.25) is 0 Å². The van der Waals surface area contributed by atoms with Crippen molar-refractivity contribution >= 4 is 40.1 Å². The average molecular weight is 476 g/mol. The zero-order valence-corrected chi connectivity index (χ0v) is 21.5. The van der Waals surface area contributed by atoms with Crippen molar-refractivity contribution < 1.29 is 9.47 Å². The zero-order chi connectivity index (χ0) is 24.2. The van der Waals surface area contributed by atoms with E-state index in [-0.39, 0.29) is 0 Å². The number of thiocarbonyl (C=S) groups is 1. The normalized spacial score (nSPS) is 11.9. The van der Waals surface area contributed by atoms with Gasteiger partial charge in [0.1, 0.15) is 5.75 Å². The van der Waals surface area contributed by atoms with Gasteiger partial charge in [-0.2, -0.15) is 0 Å². The van der Waals surface area contributed by atoms with E-state index < -0.39 is 0 Å². The molecule has 6 heteroatoms. The first-order chi connectivity index (χ1) is 16.5. The molecule has 4 rings (SSSR count). The fourth-order valence-corrected chi connectivity index (χ4v) is 4.60. The van der Waals surface area contributed by atoms with E-state index in [4.69, 9.17) is 21.7 Å². The van der Waals surface area contributed by atoms with E-state index in [1.54, 1.807) is 0 Å². The van der Waals surface area contributed by atoms with Crippen molar-refractivity contribution in [2.45, 2.75) is 34.6 Å².